The van der Waals surface area contributed by atoms with Crippen molar-refractivity contribution in [2.45, 2.75) is 13.3 Å². The van der Waals surface area contributed by atoms with Gasteiger partial charge in [-0.2, -0.15) is 0 Å². The maximum absolute atomic E-state index is 12.6. The molecule has 0 saturated carbocycles. The molecule has 0 atom stereocenters. The van der Waals surface area contributed by atoms with Crippen LogP contribution in [0.25, 0.3) is 0 Å². The summed E-state index contributed by atoms with van der Waals surface area (Å²) in [6.45, 7) is 4.65. The number of urea groups is 1. The van der Waals surface area contributed by atoms with E-state index in [1.807, 2.05) is 49.4 Å². The van der Waals surface area contributed by atoms with Crippen LogP contribution in [0.15, 0.2) is 54.0 Å². The number of piperazine rings is 1. The maximum atomic E-state index is 12.6. The van der Waals surface area contributed by atoms with Crippen LogP contribution in [0, 0.1) is 6.92 Å². The second kappa shape index (κ2) is 9.57. The van der Waals surface area contributed by atoms with Crippen LogP contribution in [0.2, 0.25) is 0 Å². The number of carbonyl (C=O) groups excluding carboxylic acids is 2. The molecular formula is C22H24N6O2S. The zero-order valence-electron chi connectivity index (χ0n) is 17.2. The second-order valence-electron chi connectivity index (χ2n) is 7.33. The summed E-state index contributed by atoms with van der Waals surface area (Å²) in [5.41, 5.74) is 2.47. The van der Waals surface area contributed by atoms with Gasteiger partial charge in [-0.05, 0) is 36.8 Å². The number of carbonyl (C=O) groups is 2. The third-order valence-electron chi connectivity index (χ3n) is 4.95. The first kappa shape index (κ1) is 20.8. The Hall–Kier alpha value is -3.46. The quantitative estimate of drug-likeness (QED) is 0.640. The van der Waals surface area contributed by atoms with Crippen LogP contribution in [0.4, 0.5) is 21.4 Å². The summed E-state index contributed by atoms with van der Waals surface area (Å²) in [4.78, 5) is 37.5. The number of anilines is 3. The number of aromatic nitrogens is 2. The first-order valence-corrected chi connectivity index (χ1v) is 11.0. The summed E-state index contributed by atoms with van der Waals surface area (Å²) in [5.74, 6) is 0.787. The minimum Gasteiger partial charge on any atom is -0.353 e. The van der Waals surface area contributed by atoms with Gasteiger partial charge >= 0.3 is 6.03 Å². The van der Waals surface area contributed by atoms with Crippen LogP contribution in [0.5, 0.6) is 0 Å². The topological polar surface area (TPSA) is 90.5 Å². The van der Waals surface area contributed by atoms with Gasteiger partial charge in [-0.15, -0.1) is 11.3 Å². The van der Waals surface area contributed by atoms with Crippen molar-refractivity contribution in [3.05, 3.63) is 65.3 Å². The average Bonchev–Trinajstić information content (AvgIpc) is 3.21. The molecule has 4 rings (SSSR count). The van der Waals surface area contributed by atoms with E-state index in [1.165, 1.54) is 11.3 Å². The van der Waals surface area contributed by atoms with E-state index in [4.69, 9.17) is 0 Å². The van der Waals surface area contributed by atoms with Gasteiger partial charge < -0.3 is 15.1 Å². The Kier molecular flexibility index (Phi) is 6.42. The number of thiazole rings is 1. The van der Waals surface area contributed by atoms with Crippen LogP contribution < -0.4 is 15.5 Å². The lowest BCUT2D eigenvalue weighted by molar-refractivity contribution is -0.115. The average molecular weight is 437 g/mol. The first-order chi connectivity index (χ1) is 15.1. The molecule has 3 amide bonds. The zero-order valence-corrected chi connectivity index (χ0v) is 18.1. The second-order valence-corrected chi connectivity index (χ2v) is 8.19. The molecule has 3 aromatic rings. The lowest BCUT2D eigenvalue weighted by Gasteiger charge is -2.35. The lowest BCUT2D eigenvalue weighted by atomic mass is 10.2. The van der Waals surface area contributed by atoms with Crippen LogP contribution in [-0.4, -0.2) is 53.0 Å². The number of hydrogen-bond donors (Lipinski definition) is 2. The highest BCUT2D eigenvalue weighted by molar-refractivity contribution is 7.13. The number of benzene rings is 1. The molecular weight excluding hydrogens is 412 g/mol. The van der Waals surface area contributed by atoms with Gasteiger partial charge in [0, 0.05) is 43.4 Å². The van der Waals surface area contributed by atoms with Crippen LogP contribution >= 0.6 is 11.3 Å². The molecule has 1 saturated heterocycles. The van der Waals surface area contributed by atoms with Crippen molar-refractivity contribution in [1.29, 1.82) is 0 Å². The number of rotatable bonds is 5. The molecule has 0 bridgehead atoms. The standard InChI is InChI=1S/C22H24N6O2S/c1-16-5-4-6-17(13-16)24-20(29)14-18-15-31-21(25-18)26-22(30)28-11-9-27(10-12-28)19-7-2-3-8-23-19/h2-8,13,15H,9-12,14H2,1H3,(H,24,29)(H,25,26,30). The van der Waals surface area contributed by atoms with E-state index >= 15 is 0 Å². The third kappa shape index (κ3) is 5.58. The van der Waals surface area contributed by atoms with Gasteiger partial charge in [-0.1, -0.05) is 18.2 Å². The van der Waals surface area contributed by atoms with E-state index in [0.717, 1.165) is 30.2 Å². The number of pyridine rings is 1. The van der Waals surface area contributed by atoms with E-state index in [-0.39, 0.29) is 18.4 Å². The summed E-state index contributed by atoms with van der Waals surface area (Å²) < 4.78 is 0. The van der Waals surface area contributed by atoms with Crippen molar-refractivity contribution < 1.29 is 9.59 Å². The Morgan fingerprint density at radius 2 is 1.90 bits per heavy atom. The van der Waals surface area contributed by atoms with Crippen molar-refractivity contribution >= 4 is 39.9 Å². The molecule has 2 N–H and O–H groups in total. The molecule has 2 aromatic heterocycles. The SMILES string of the molecule is Cc1cccc(NC(=O)Cc2csc(NC(=O)N3CCN(c4ccccn4)CC3)n2)c1. The Labute approximate surface area is 184 Å². The molecule has 1 aromatic carbocycles. The van der Waals surface area contributed by atoms with Crippen LogP contribution in [0.3, 0.4) is 0 Å². The van der Waals surface area contributed by atoms with Crippen molar-refractivity contribution in [2.75, 3.05) is 41.7 Å². The Morgan fingerprint density at radius 3 is 2.65 bits per heavy atom. The number of amides is 3. The third-order valence-corrected chi connectivity index (χ3v) is 5.76. The molecule has 0 spiro atoms. The van der Waals surface area contributed by atoms with E-state index in [1.54, 1.807) is 16.5 Å². The molecule has 9 heteroatoms. The molecule has 1 aliphatic heterocycles. The molecule has 1 aliphatic rings. The Balaban J connectivity index is 1.26. The summed E-state index contributed by atoms with van der Waals surface area (Å²) in [7, 11) is 0. The van der Waals surface area contributed by atoms with Gasteiger partial charge in [0.25, 0.3) is 0 Å². The summed E-state index contributed by atoms with van der Waals surface area (Å²) in [6, 6.07) is 13.3. The highest BCUT2D eigenvalue weighted by Crippen LogP contribution is 2.18. The first-order valence-electron chi connectivity index (χ1n) is 10.1. The Bertz CT molecular complexity index is 1050. The van der Waals surface area contributed by atoms with Crippen molar-refractivity contribution in [3.8, 4) is 0 Å². The fourth-order valence-corrected chi connectivity index (χ4v) is 4.09. The largest absolute Gasteiger partial charge is 0.353 e. The number of aryl methyl sites for hydroxylation is 1. The molecule has 0 unspecified atom stereocenters. The Morgan fingerprint density at radius 1 is 1.06 bits per heavy atom. The zero-order chi connectivity index (χ0) is 21.6. The predicted molar refractivity (Wildman–Crippen MR) is 123 cm³/mol. The predicted octanol–water partition coefficient (Wildman–Crippen LogP) is 3.38. The number of hydrogen-bond acceptors (Lipinski definition) is 6. The molecule has 0 radical (unpaired) electrons. The molecule has 0 aliphatic carbocycles. The fourth-order valence-electron chi connectivity index (χ4n) is 3.39. The van der Waals surface area contributed by atoms with Gasteiger partial charge in [0.1, 0.15) is 5.82 Å². The molecule has 3 heterocycles. The molecule has 8 nitrogen and oxygen atoms in total. The normalized spacial score (nSPS) is 13.7. The van der Waals surface area contributed by atoms with Gasteiger partial charge in [-0.3, -0.25) is 10.1 Å². The minimum atomic E-state index is -0.175. The van der Waals surface area contributed by atoms with Gasteiger partial charge in [-0.25, -0.2) is 14.8 Å². The van der Waals surface area contributed by atoms with E-state index < -0.39 is 0 Å². The van der Waals surface area contributed by atoms with Crippen molar-refractivity contribution in [2.24, 2.45) is 0 Å². The monoisotopic (exact) mass is 436 g/mol. The van der Waals surface area contributed by atoms with E-state index in [2.05, 4.69) is 25.5 Å². The van der Waals surface area contributed by atoms with Crippen LogP contribution in [-0.2, 0) is 11.2 Å². The van der Waals surface area contributed by atoms with Gasteiger partial charge in [0.15, 0.2) is 5.13 Å². The van der Waals surface area contributed by atoms with Crippen LogP contribution in [0.1, 0.15) is 11.3 Å². The maximum Gasteiger partial charge on any atom is 0.323 e. The summed E-state index contributed by atoms with van der Waals surface area (Å²) >= 11 is 1.32. The van der Waals surface area contributed by atoms with E-state index in [0.29, 0.717) is 23.9 Å². The summed E-state index contributed by atoms with van der Waals surface area (Å²) in [5, 5.41) is 8.01. The highest BCUT2D eigenvalue weighted by atomic mass is 32.1. The number of nitrogens with zero attached hydrogens (tertiary/aromatic N) is 4. The van der Waals surface area contributed by atoms with E-state index in [9.17, 15) is 9.59 Å². The number of nitrogens with one attached hydrogen (secondary N) is 2. The molecule has 160 valence electrons. The van der Waals surface area contributed by atoms with Gasteiger partial charge in [0.05, 0.1) is 12.1 Å². The highest BCUT2D eigenvalue weighted by Gasteiger charge is 2.22. The smallest absolute Gasteiger partial charge is 0.323 e. The molecule has 1 fully saturated rings. The van der Waals surface area contributed by atoms with Crippen molar-refractivity contribution in [3.63, 3.8) is 0 Å². The lowest BCUT2D eigenvalue weighted by Crippen LogP contribution is -2.50. The minimum absolute atomic E-state index is 0.139. The van der Waals surface area contributed by atoms with Crippen molar-refractivity contribution in [1.82, 2.24) is 14.9 Å². The van der Waals surface area contributed by atoms with Gasteiger partial charge in [0.2, 0.25) is 5.91 Å². The fraction of sp³-hybridized carbons (Fsp3) is 0.273. The summed E-state index contributed by atoms with van der Waals surface area (Å²) in [6.07, 6.45) is 1.93. The molecule has 31 heavy (non-hydrogen) atoms.